The van der Waals surface area contributed by atoms with Crippen molar-refractivity contribution in [2.45, 2.75) is 6.04 Å². The van der Waals surface area contributed by atoms with Gasteiger partial charge in [-0.3, -0.25) is 0 Å². The van der Waals surface area contributed by atoms with E-state index in [2.05, 4.69) is 10.6 Å². The summed E-state index contributed by atoms with van der Waals surface area (Å²) in [5, 5.41) is 17.4. The Labute approximate surface area is 121 Å². The Bertz CT molecular complexity index is 739. The number of nitrogens with one attached hydrogen (secondary N) is 2. The van der Waals surface area contributed by atoms with Crippen LogP contribution in [0.1, 0.15) is 11.6 Å². The predicted octanol–water partition coefficient (Wildman–Crippen LogP) is 2.33. The molecule has 20 heavy (non-hydrogen) atoms. The molecule has 5 heteroatoms. The van der Waals surface area contributed by atoms with Crippen LogP contribution in [0, 0.1) is 0 Å². The van der Waals surface area contributed by atoms with E-state index in [0.29, 0.717) is 5.11 Å². The first-order valence-corrected chi connectivity index (χ1v) is 6.55. The van der Waals surface area contributed by atoms with E-state index in [1.54, 1.807) is 6.08 Å². The second-order valence-corrected chi connectivity index (χ2v) is 4.98. The molecule has 1 aliphatic heterocycles. The highest BCUT2D eigenvalue weighted by Gasteiger charge is 2.21. The monoisotopic (exact) mass is 284 g/mol. The second kappa shape index (κ2) is 4.94. The fourth-order valence-electron chi connectivity index (χ4n) is 2.26. The molecule has 0 aromatic heterocycles. The maximum absolute atomic E-state index is 11.1. The Balaban J connectivity index is 2.03. The van der Waals surface area contributed by atoms with Crippen LogP contribution in [0.15, 0.2) is 54.2 Å². The first kappa shape index (κ1) is 12.6. The molecular formula is C15H12N2O2S. The number of thiocarbonyl (C=S) groups is 1. The minimum atomic E-state index is -1.01. The van der Waals surface area contributed by atoms with E-state index in [-0.39, 0.29) is 11.7 Å². The molecule has 100 valence electrons. The van der Waals surface area contributed by atoms with Crippen molar-refractivity contribution in [1.29, 1.82) is 0 Å². The zero-order chi connectivity index (χ0) is 14.1. The minimum Gasteiger partial charge on any atom is -0.477 e. The lowest BCUT2D eigenvalue weighted by atomic mass is 10.0. The van der Waals surface area contributed by atoms with Crippen LogP contribution in [0.3, 0.4) is 0 Å². The van der Waals surface area contributed by atoms with Gasteiger partial charge in [-0.15, -0.1) is 0 Å². The topological polar surface area (TPSA) is 61.4 Å². The molecule has 0 spiro atoms. The molecule has 2 aromatic rings. The normalized spacial score (nSPS) is 18.1. The van der Waals surface area contributed by atoms with E-state index in [4.69, 9.17) is 17.3 Å². The van der Waals surface area contributed by atoms with Crippen molar-refractivity contribution in [2.24, 2.45) is 0 Å². The number of benzene rings is 2. The summed E-state index contributed by atoms with van der Waals surface area (Å²) in [6, 6.07) is 13.8. The SMILES string of the molecule is O=C(O)C1=CC(c2ccc3ccccc3c2)NC(=S)N1. The summed E-state index contributed by atoms with van der Waals surface area (Å²) in [4.78, 5) is 11.1. The molecular weight excluding hydrogens is 272 g/mol. The molecule has 0 fully saturated rings. The molecule has 3 rings (SSSR count). The lowest BCUT2D eigenvalue weighted by molar-refractivity contribution is -0.133. The van der Waals surface area contributed by atoms with Crippen molar-refractivity contribution in [1.82, 2.24) is 10.6 Å². The number of hydrogen-bond donors (Lipinski definition) is 3. The highest BCUT2D eigenvalue weighted by atomic mass is 32.1. The molecule has 1 aliphatic rings. The van der Waals surface area contributed by atoms with Gasteiger partial charge in [-0.1, -0.05) is 36.4 Å². The standard InChI is InChI=1S/C15H12N2O2S/c18-14(19)13-8-12(16-15(20)17-13)11-6-5-9-3-1-2-4-10(9)7-11/h1-8,12H,(H,18,19)(H2,16,17,20). The molecule has 4 nitrogen and oxygen atoms in total. The summed E-state index contributed by atoms with van der Waals surface area (Å²) in [6.45, 7) is 0. The number of carboxylic acids is 1. The molecule has 0 bridgehead atoms. The molecule has 3 N–H and O–H groups in total. The lowest BCUT2D eigenvalue weighted by Crippen LogP contribution is -2.43. The van der Waals surface area contributed by atoms with Crippen molar-refractivity contribution in [2.75, 3.05) is 0 Å². The van der Waals surface area contributed by atoms with Crippen LogP contribution in [0.4, 0.5) is 0 Å². The van der Waals surface area contributed by atoms with Gasteiger partial charge in [-0.2, -0.15) is 0 Å². The minimum absolute atomic E-state index is 0.104. The molecule has 1 atom stereocenters. The van der Waals surface area contributed by atoms with Crippen LogP contribution < -0.4 is 10.6 Å². The van der Waals surface area contributed by atoms with Crippen molar-refractivity contribution < 1.29 is 9.90 Å². The van der Waals surface area contributed by atoms with E-state index in [1.165, 1.54) is 0 Å². The average Bonchev–Trinajstić information content (AvgIpc) is 2.46. The lowest BCUT2D eigenvalue weighted by Gasteiger charge is -2.24. The maximum Gasteiger partial charge on any atom is 0.352 e. The van der Waals surface area contributed by atoms with Gasteiger partial charge in [0, 0.05) is 0 Å². The number of fused-ring (bicyclic) bond motifs is 1. The fourth-order valence-corrected chi connectivity index (χ4v) is 2.49. The fraction of sp³-hybridized carbons (Fsp3) is 0.0667. The average molecular weight is 284 g/mol. The first-order valence-electron chi connectivity index (χ1n) is 6.15. The third-order valence-electron chi connectivity index (χ3n) is 3.23. The molecule has 0 aliphatic carbocycles. The highest BCUT2D eigenvalue weighted by molar-refractivity contribution is 7.80. The van der Waals surface area contributed by atoms with Gasteiger partial charge in [0.15, 0.2) is 5.11 Å². The zero-order valence-corrected chi connectivity index (χ0v) is 11.3. The van der Waals surface area contributed by atoms with Crippen LogP contribution in [0.5, 0.6) is 0 Å². The summed E-state index contributed by atoms with van der Waals surface area (Å²) in [5.41, 5.74) is 1.08. The third-order valence-corrected chi connectivity index (χ3v) is 3.45. The van der Waals surface area contributed by atoms with Gasteiger partial charge in [0.1, 0.15) is 5.70 Å². The second-order valence-electron chi connectivity index (χ2n) is 4.57. The van der Waals surface area contributed by atoms with Crippen molar-refractivity contribution in [3.05, 3.63) is 59.8 Å². The highest BCUT2D eigenvalue weighted by Crippen LogP contribution is 2.23. The molecule has 0 saturated heterocycles. The molecule has 0 saturated carbocycles. The quantitative estimate of drug-likeness (QED) is 0.739. The maximum atomic E-state index is 11.1. The van der Waals surface area contributed by atoms with Gasteiger partial charge in [0.2, 0.25) is 0 Å². The third kappa shape index (κ3) is 2.35. The Morgan fingerprint density at radius 1 is 1.15 bits per heavy atom. The van der Waals surface area contributed by atoms with Crippen LogP contribution in [0.25, 0.3) is 10.8 Å². The van der Waals surface area contributed by atoms with E-state index < -0.39 is 5.97 Å². The zero-order valence-electron chi connectivity index (χ0n) is 10.5. The van der Waals surface area contributed by atoms with Crippen LogP contribution in [-0.4, -0.2) is 16.2 Å². The van der Waals surface area contributed by atoms with Crippen LogP contribution in [-0.2, 0) is 4.79 Å². The Kier molecular flexibility index (Phi) is 3.12. The molecule has 1 unspecified atom stereocenters. The number of hydrogen-bond acceptors (Lipinski definition) is 2. The van der Waals surface area contributed by atoms with Gasteiger partial charge in [-0.05, 0) is 40.7 Å². The Morgan fingerprint density at radius 3 is 2.65 bits per heavy atom. The summed E-state index contributed by atoms with van der Waals surface area (Å²) in [7, 11) is 0. The number of carbonyl (C=O) groups is 1. The molecule has 0 radical (unpaired) electrons. The van der Waals surface area contributed by atoms with Gasteiger partial charge >= 0.3 is 5.97 Å². The largest absolute Gasteiger partial charge is 0.477 e. The summed E-state index contributed by atoms with van der Waals surface area (Å²) in [5.74, 6) is -1.01. The van der Waals surface area contributed by atoms with Gasteiger partial charge in [-0.25, -0.2) is 4.79 Å². The smallest absolute Gasteiger partial charge is 0.352 e. The summed E-state index contributed by atoms with van der Waals surface area (Å²) >= 11 is 5.05. The van der Waals surface area contributed by atoms with Crippen molar-refractivity contribution in [3.8, 4) is 0 Å². The van der Waals surface area contributed by atoms with Crippen molar-refractivity contribution >= 4 is 34.1 Å². The van der Waals surface area contributed by atoms with E-state index in [9.17, 15) is 4.79 Å². The van der Waals surface area contributed by atoms with Crippen molar-refractivity contribution in [3.63, 3.8) is 0 Å². The van der Waals surface area contributed by atoms with E-state index in [1.807, 2.05) is 42.5 Å². The summed E-state index contributed by atoms with van der Waals surface area (Å²) < 4.78 is 0. The van der Waals surface area contributed by atoms with Crippen LogP contribution >= 0.6 is 12.2 Å². The summed E-state index contributed by atoms with van der Waals surface area (Å²) in [6.07, 6.45) is 1.63. The van der Waals surface area contributed by atoms with Gasteiger partial charge in [0.05, 0.1) is 6.04 Å². The number of rotatable bonds is 2. The number of carboxylic acid groups (broad SMARTS) is 1. The van der Waals surface area contributed by atoms with E-state index >= 15 is 0 Å². The Morgan fingerprint density at radius 2 is 1.90 bits per heavy atom. The predicted molar refractivity (Wildman–Crippen MR) is 81.3 cm³/mol. The Hall–Kier alpha value is -2.40. The first-order chi connectivity index (χ1) is 9.63. The molecule has 1 heterocycles. The van der Waals surface area contributed by atoms with Gasteiger partial charge < -0.3 is 15.7 Å². The molecule has 0 amide bonds. The van der Waals surface area contributed by atoms with Gasteiger partial charge in [0.25, 0.3) is 0 Å². The van der Waals surface area contributed by atoms with Crippen LogP contribution in [0.2, 0.25) is 0 Å². The number of aliphatic carboxylic acids is 1. The molecule has 2 aromatic carbocycles. The van der Waals surface area contributed by atoms with E-state index in [0.717, 1.165) is 16.3 Å².